The van der Waals surface area contributed by atoms with Crippen LogP contribution in [-0.2, 0) is 18.3 Å². The average molecular weight is 249 g/mol. The van der Waals surface area contributed by atoms with Crippen LogP contribution in [0, 0.1) is 5.41 Å². The van der Waals surface area contributed by atoms with Gasteiger partial charge in [-0.3, -0.25) is 9.48 Å². The first-order valence-corrected chi connectivity index (χ1v) is 6.89. The van der Waals surface area contributed by atoms with Gasteiger partial charge in [-0.05, 0) is 38.4 Å². The van der Waals surface area contributed by atoms with E-state index in [1.165, 1.54) is 0 Å². The van der Waals surface area contributed by atoms with Gasteiger partial charge >= 0.3 is 0 Å². The Bertz CT molecular complexity index is 399. The topological polar surface area (TPSA) is 46.9 Å². The van der Waals surface area contributed by atoms with Gasteiger partial charge in [0.1, 0.15) is 5.78 Å². The summed E-state index contributed by atoms with van der Waals surface area (Å²) >= 11 is 0. The maximum absolute atomic E-state index is 12.6. The molecule has 0 atom stereocenters. The van der Waals surface area contributed by atoms with E-state index in [0.29, 0.717) is 12.2 Å². The van der Waals surface area contributed by atoms with Crippen LogP contribution in [0.25, 0.3) is 0 Å². The van der Waals surface area contributed by atoms with Gasteiger partial charge in [0.25, 0.3) is 0 Å². The third-order valence-electron chi connectivity index (χ3n) is 3.99. The van der Waals surface area contributed by atoms with Crippen molar-refractivity contribution >= 4 is 5.78 Å². The van der Waals surface area contributed by atoms with Gasteiger partial charge in [-0.25, -0.2) is 0 Å². The number of nitrogens with zero attached hydrogens (tertiary/aromatic N) is 2. The van der Waals surface area contributed by atoms with Crippen LogP contribution in [0.2, 0.25) is 0 Å². The monoisotopic (exact) mass is 249 g/mol. The molecular weight excluding hydrogens is 226 g/mol. The highest BCUT2D eigenvalue weighted by Gasteiger charge is 2.38. The molecule has 2 rings (SSSR count). The minimum atomic E-state index is -0.0997. The second-order valence-corrected chi connectivity index (χ2v) is 5.36. The number of carbonyl (C=O) groups is 1. The molecule has 100 valence electrons. The molecule has 2 heterocycles. The molecule has 1 N–H and O–H groups in total. The molecule has 4 nitrogen and oxygen atoms in total. The van der Waals surface area contributed by atoms with E-state index in [0.717, 1.165) is 44.5 Å². The number of aryl methyl sites for hydroxylation is 1. The molecule has 0 aliphatic carbocycles. The minimum Gasteiger partial charge on any atom is -0.317 e. The Morgan fingerprint density at radius 2 is 2.22 bits per heavy atom. The lowest BCUT2D eigenvalue weighted by Crippen LogP contribution is -2.42. The van der Waals surface area contributed by atoms with E-state index >= 15 is 0 Å². The van der Waals surface area contributed by atoms with Gasteiger partial charge < -0.3 is 5.32 Å². The Morgan fingerprint density at radius 3 is 2.78 bits per heavy atom. The van der Waals surface area contributed by atoms with Crippen LogP contribution < -0.4 is 5.32 Å². The first kappa shape index (κ1) is 13.3. The highest BCUT2D eigenvalue weighted by Crippen LogP contribution is 2.35. The van der Waals surface area contributed by atoms with Gasteiger partial charge in [0.2, 0.25) is 0 Å². The summed E-state index contributed by atoms with van der Waals surface area (Å²) in [6, 6.07) is 1.94. The van der Waals surface area contributed by atoms with Gasteiger partial charge in [-0.1, -0.05) is 13.3 Å². The summed E-state index contributed by atoms with van der Waals surface area (Å²) < 4.78 is 1.76. The first-order valence-electron chi connectivity index (χ1n) is 6.89. The number of hydrogen-bond acceptors (Lipinski definition) is 3. The van der Waals surface area contributed by atoms with Crippen LogP contribution in [0.5, 0.6) is 0 Å². The molecule has 1 aliphatic rings. The molecule has 1 saturated heterocycles. The smallest absolute Gasteiger partial charge is 0.145 e. The molecule has 0 aromatic carbocycles. The second kappa shape index (κ2) is 5.65. The fraction of sp³-hybridized carbons (Fsp3) is 0.714. The molecule has 1 aliphatic heterocycles. The summed E-state index contributed by atoms with van der Waals surface area (Å²) in [6.07, 6.45) is 6.44. The van der Waals surface area contributed by atoms with Gasteiger partial charge in [0.05, 0.1) is 12.1 Å². The van der Waals surface area contributed by atoms with E-state index in [9.17, 15) is 4.79 Å². The van der Waals surface area contributed by atoms with Gasteiger partial charge in [-0.2, -0.15) is 5.10 Å². The lowest BCUT2D eigenvalue weighted by Gasteiger charge is -2.36. The molecule has 1 fully saturated rings. The molecule has 0 unspecified atom stereocenters. The van der Waals surface area contributed by atoms with Crippen molar-refractivity contribution in [1.29, 1.82) is 0 Å². The van der Waals surface area contributed by atoms with Crippen LogP contribution in [0.15, 0.2) is 12.3 Å². The standard InChI is InChI=1S/C14H23N3O/c1-3-5-14(6-8-15-9-7-14)13(18)11-12-4-10-17(2)16-12/h4,10,15H,3,5-9,11H2,1-2H3. The zero-order valence-electron chi connectivity index (χ0n) is 11.4. The van der Waals surface area contributed by atoms with Crippen LogP contribution >= 0.6 is 0 Å². The van der Waals surface area contributed by atoms with Crippen LogP contribution in [-0.4, -0.2) is 28.7 Å². The average Bonchev–Trinajstić information content (AvgIpc) is 2.76. The Balaban J connectivity index is 2.08. The molecule has 1 aromatic heterocycles. The normalized spacial score (nSPS) is 18.8. The molecule has 0 bridgehead atoms. The van der Waals surface area contributed by atoms with Crippen LogP contribution in [0.4, 0.5) is 0 Å². The molecule has 18 heavy (non-hydrogen) atoms. The molecule has 1 aromatic rings. The van der Waals surface area contributed by atoms with Crippen molar-refractivity contribution in [1.82, 2.24) is 15.1 Å². The van der Waals surface area contributed by atoms with E-state index < -0.39 is 0 Å². The third-order valence-corrected chi connectivity index (χ3v) is 3.99. The van der Waals surface area contributed by atoms with Crippen molar-refractivity contribution < 1.29 is 4.79 Å². The number of nitrogens with one attached hydrogen (secondary N) is 1. The molecule has 4 heteroatoms. The van der Waals surface area contributed by atoms with E-state index in [-0.39, 0.29) is 5.41 Å². The van der Waals surface area contributed by atoms with Crippen molar-refractivity contribution in [2.75, 3.05) is 13.1 Å². The lowest BCUT2D eigenvalue weighted by molar-refractivity contribution is -0.130. The number of piperidine rings is 1. The zero-order valence-corrected chi connectivity index (χ0v) is 11.4. The number of ketones is 1. The maximum atomic E-state index is 12.6. The lowest BCUT2D eigenvalue weighted by atomic mass is 9.71. The third kappa shape index (κ3) is 2.80. The van der Waals surface area contributed by atoms with Crippen LogP contribution in [0.3, 0.4) is 0 Å². The zero-order chi connectivity index (χ0) is 13.0. The Morgan fingerprint density at radius 1 is 1.50 bits per heavy atom. The molecule has 0 radical (unpaired) electrons. The fourth-order valence-electron chi connectivity index (χ4n) is 2.96. The number of aromatic nitrogens is 2. The fourth-order valence-corrected chi connectivity index (χ4v) is 2.96. The van der Waals surface area contributed by atoms with Gasteiger partial charge in [0.15, 0.2) is 0 Å². The highest BCUT2D eigenvalue weighted by molar-refractivity contribution is 5.86. The van der Waals surface area contributed by atoms with Crippen molar-refractivity contribution in [3.05, 3.63) is 18.0 Å². The van der Waals surface area contributed by atoms with Crippen molar-refractivity contribution in [3.63, 3.8) is 0 Å². The number of hydrogen-bond donors (Lipinski definition) is 1. The van der Waals surface area contributed by atoms with Crippen molar-refractivity contribution in [2.45, 2.75) is 39.0 Å². The van der Waals surface area contributed by atoms with E-state index in [2.05, 4.69) is 17.3 Å². The van der Waals surface area contributed by atoms with E-state index in [1.54, 1.807) is 4.68 Å². The van der Waals surface area contributed by atoms with Crippen LogP contribution in [0.1, 0.15) is 38.3 Å². The highest BCUT2D eigenvalue weighted by atomic mass is 16.1. The van der Waals surface area contributed by atoms with Crippen molar-refractivity contribution in [2.24, 2.45) is 12.5 Å². The second-order valence-electron chi connectivity index (χ2n) is 5.36. The molecule has 0 amide bonds. The summed E-state index contributed by atoms with van der Waals surface area (Å²) in [5.74, 6) is 0.379. The Hall–Kier alpha value is -1.16. The summed E-state index contributed by atoms with van der Waals surface area (Å²) in [6.45, 7) is 4.10. The largest absolute Gasteiger partial charge is 0.317 e. The summed E-state index contributed by atoms with van der Waals surface area (Å²) in [5, 5.41) is 7.67. The number of carbonyl (C=O) groups excluding carboxylic acids is 1. The maximum Gasteiger partial charge on any atom is 0.145 e. The predicted molar refractivity (Wildman–Crippen MR) is 71.4 cm³/mol. The van der Waals surface area contributed by atoms with Crippen molar-refractivity contribution in [3.8, 4) is 0 Å². The predicted octanol–water partition coefficient (Wildman–Crippen LogP) is 1.70. The minimum absolute atomic E-state index is 0.0997. The Labute approximate surface area is 109 Å². The van der Waals surface area contributed by atoms with E-state index in [4.69, 9.17) is 0 Å². The molecular formula is C14H23N3O. The molecule has 0 spiro atoms. The summed E-state index contributed by atoms with van der Waals surface area (Å²) in [7, 11) is 1.89. The van der Waals surface area contributed by atoms with Gasteiger partial charge in [0, 0.05) is 18.7 Å². The first-order chi connectivity index (χ1) is 8.66. The number of rotatable bonds is 5. The summed E-state index contributed by atoms with van der Waals surface area (Å²) in [4.78, 5) is 12.6. The quantitative estimate of drug-likeness (QED) is 0.864. The van der Waals surface area contributed by atoms with Gasteiger partial charge in [-0.15, -0.1) is 0 Å². The van der Waals surface area contributed by atoms with E-state index in [1.807, 2.05) is 19.3 Å². The molecule has 0 saturated carbocycles. The number of Topliss-reactive ketones (excluding diaryl/α,β-unsaturated/α-hetero) is 1. The SMILES string of the molecule is CCCC1(C(=O)Cc2ccn(C)n2)CCNCC1. The summed E-state index contributed by atoms with van der Waals surface area (Å²) in [5.41, 5.74) is 0.800. The Kier molecular flexibility index (Phi) is 4.17.